The summed E-state index contributed by atoms with van der Waals surface area (Å²) in [5.74, 6) is -1.54. The molecule has 2 aliphatic rings. The zero-order chi connectivity index (χ0) is 18.4. The molecule has 1 aliphatic heterocycles. The second-order valence-corrected chi connectivity index (χ2v) is 8.97. The minimum Gasteiger partial charge on any atom is -0.481 e. The lowest BCUT2D eigenvalue weighted by Crippen LogP contribution is -2.49. The largest absolute Gasteiger partial charge is 0.481 e. The zero-order valence-corrected chi connectivity index (χ0v) is 15.8. The zero-order valence-electron chi connectivity index (χ0n) is 15.0. The van der Waals surface area contributed by atoms with E-state index in [-0.39, 0.29) is 12.6 Å². The fourth-order valence-corrected chi connectivity index (χ4v) is 5.37. The van der Waals surface area contributed by atoms with Crippen LogP contribution in [0.2, 0.25) is 0 Å². The van der Waals surface area contributed by atoms with Gasteiger partial charge in [0.05, 0.1) is 11.6 Å². The van der Waals surface area contributed by atoms with Crippen LogP contribution in [0.1, 0.15) is 42.6 Å². The van der Waals surface area contributed by atoms with Gasteiger partial charge in [0.1, 0.15) is 0 Å². The Bertz CT molecular complexity index is 769. The molecule has 0 spiro atoms. The summed E-state index contributed by atoms with van der Waals surface area (Å²) in [7, 11) is -1.83. The van der Waals surface area contributed by atoms with E-state index in [1.165, 1.54) is 4.31 Å². The molecule has 1 saturated heterocycles. The molecule has 25 heavy (non-hydrogen) atoms. The second-order valence-electron chi connectivity index (χ2n) is 7.09. The van der Waals surface area contributed by atoms with Crippen LogP contribution < -0.4 is 0 Å². The van der Waals surface area contributed by atoms with Gasteiger partial charge in [-0.2, -0.15) is 22.1 Å². The molecule has 0 bridgehead atoms. The van der Waals surface area contributed by atoms with Crippen molar-refractivity contribution in [1.29, 1.82) is 0 Å². The summed E-state index contributed by atoms with van der Waals surface area (Å²) in [6.45, 7) is 4.58. The number of carboxylic acids is 1. The Balaban J connectivity index is 1.85. The summed E-state index contributed by atoms with van der Waals surface area (Å²) in [5.41, 5.74) is 2.73. The van der Waals surface area contributed by atoms with Crippen LogP contribution in [0, 0.1) is 19.8 Å². The summed E-state index contributed by atoms with van der Waals surface area (Å²) < 4.78 is 31.1. The van der Waals surface area contributed by atoms with Gasteiger partial charge in [-0.3, -0.25) is 9.48 Å². The van der Waals surface area contributed by atoms with E-state index >= 15 is 0 Å². The fraction of sp³-hybridized carbons (Fsp3) is 0.750. The fourth-order valence-electron chi connectivity index (χ4n) is 3.47. The van der Waals surface area contributed by atoms with Gasteiger partial charge in [0, 0.05) is 44.0 Å². The number of piperidine rings is 1. The van der Waals surface area contributed by atoms with Crippen molar-refractivity contribution in [1.82, 2.24) is 18.4 Å². The Hall–Kier alpha value is -1.45. The van der Waals surface area contributed by atoms with E-state index < -0.39 is 22.1 Å². The predicted molar refractivity (Wildman–Crippen MR) is 92.1 cm³/mol. The van der Waals surface area contributed by atoms with Crippen LogP contribution >= 0.6 is 0 Å². The van der Waals surface area contributed by atoms with Gasteiger partial charge in [-0.05, 0) is 39.5 Å². The van der Waals surface area contributed by atoms with Crippen molar-refractivity contribution in [2.45, 2.75) is 52.1 Å². The molecule has 0 aromatic carbocycles. The molecule has 1 N–H and O–H groups in total. The van der Waals surface area contributed by atoms with Crippen LogP contribution in [0.3, 0.4) is 0 Å². The Morgan fingerprint density at radius 2 is 2.00 bits per heavy atom. The molecule has 2 heterocycles. The Kier molecular flexibility index (Phi) is 4.91. The van der Waals surface area contributed by atoms with E-state index in [9.17, 15) is 18.3 Å². The molecule has 9 heteroatoms. The van der Waals surface area contributed by atoms with Gasteiger partial charge in [0.15, 0.2) is 0 Å². The standard InChI is InChI=1S/C16H26N4O4S/c1-11-15(12(2)18(3)17-11)10-20(14-6-7-14)25(23,24)19-8-4-5-13(9-19)16(21)22/h13-14H,4-10H2,1-3H3,(H,21,22). The van der Waals surface area contributed by atoms with Gasteiger partial charge in [-0.25, -0.2) is 0 Å². The average Bonchev–Trinajstić information content (AvgIpc) is 3.35. The first-order valence-electron chi connectivity index (χ1n) is 8.70. The normalized spacial score (nSPS) is 22.5. The first kappa shape index (κ1) is 18.3. The smallest absolute Gasteiger partial charge is 0.307 e. The van der Waals surface area contributed by atoms with Crippen LogP contribution in [0.5, 0.6) is 0 Å². The number of hydrogen-bond donors (Lipinski definition) is 1. The molecule has 140 valence electrons. The number of aryl methyl sites for hydroxylation is 2. The lowest BCUT2D eigenvalue weighted by atomic mass is 10.0. The van der Waals surface area contributed by atoms with Crippen molar-refractivity contribution in [3.8, 4) is 0 Å². The molecule has 1 unspecified atom stereocenters. The monoisotopic (exact) mass is 370 g/mol. The average molecular weight is 370 g/mol. The van der Waals surface area contributed by atoms with Crippen LogP contribution in [-0.2, 0) is 28.6 Å². The molecular formula is C16H26N4O4S. The maximum absolute atomic E-state index is 13.2. The first-order chi connectivity index (χ1) is 11.7. The van der Waals surface area contributed by atoms with Crippen molar-refractivity contribution < 1.29 is 18.3 Å². The molecule has 1 aliphatic carbocycles. The van der Waals surface area contributed by atoms with E-state index in [0.717, 1.165) is 29.8 Å². The first-order valence-corrected chi connectivity index (χ1v) is 10.1. The van der Waals surface area contributed by atoms with Gasteiger partial charge in [-0.1, -0.05) is 0 Å². The Labute approximate surface area is 148 Å². The maximum atomic E-state index is 13.2. The lowest BCUT2D eigenvalue weighted by Gasteiger charge is -2.34. The summed E-state index contributed by atoms with van der Waals surface area (Å²) in [6.07, 6.45) is 2.83. The third-order valence-electron chi connectivity index (χ3n) is 5.28. The van der Waals surface area contributed by atoms with Crippen molar-refractivity contribution in [3.05, 3.63) is 17.0 Å². The highest BCUT2D eigenvalue weighted by Gasteiger charge is 2.43. The third-order valence-corrected chi connectivity index (χ3v) is 7.29. The number of hydrogen-bond acceptors (Lipinski definition) is 4. The molecule has 1 atom stereocenters. The topological polar surface area (TPSA) is 95.7 Å². The highest BCUT2D eigenvalue weighted by molar-refractivity contribution is 7.86. The van der Waals surface area contributed by atoms with Crippen LogP contribution in [0.25, 0.3) is 0 Å². The number of nitrogens with zero attached hydrogens (tertiary/aromatic N) is 4. The summed E-state index contributed by atoms with van der Waals surface area (Å²) >= 11 is 0. The summed E-state index contributed by atoms with van der Waals surface area (Å²) in [5, 5.41) is 13.6. The SMILES string of the molecule is Cc1nn(C)c(C)c1CN(C1CC1)S(=O)(=O)N1CCCC(C(=O)O)C1. The molecule has 0 radical (unpaired) electrons. The number of rotatable bonds is 6. The van der Waals surface area contributed by atoms with Gasteiger partial charge in [0.2, 0.25) is 0 Å². The lowest BCUT2D eigenvalue weighted by molar-refractivity contribution is -0.142. The molecular weight excluding hydrogens is 344 g/mol. The second kappa shape index (κ2) is 6.69. The number of aliphatic carboxylic acids is 1. The van der Waals surface area contributed by atoms with Gasteiger partial charge in [0.25, 0.3) is 10.2 Å². The third kappa shape index (κ3) is 3.58. The van der Waals surface area contributed by atoms with Crippen molar-refractivity contribution >= 4 is 16.2 Å². The number of carboxylic acid groups (broad SMARTS) is 1. The predicted octanol–water partition coefficient (Wildman–Crippen LogP) is 1.04. The van der Waals surface area contributed by atoms with E-state index in [4.69, 9.17) is 0 Å². The number of aromatic nitrogens is 2. The molecule has 1 saturated carbocycles. The van der Waals surface area contributed by atoms with E-state index in [1.807, 2.05) is 20.9 Å². The summed E-state index contributed by atoms with van der Waals surface area (Å²) in [4.78, 5) is 11.3. The minimum absolute atomic E-state index is 0.00853. The van der Waals surface area contributed by atoms with Crippen LogP contribution in [0.4, 0.5) is 0 Å². The Morgan fingerprint density at radius 1 is 1.32 bits per heavy atom. The molecule has 0 amide bonds. The van der Waals surface area contributed by atoms with Crippen molar-refractivity contribution in [3.63, 3.8) is 0 Å². The van der Waals surface area contributed by atoms with Gasteiger partial charge < -0.3 is 5.11 Å². The maximum Gasteiger partial charge on any atom is 0.307 e. The quantitative estimate of drug-likeness (QED) is 0.807. The highest BCUT2D eigenvalue weighted by Crippen LogP contribution is 2.34. The molecule has 1 aromatic heterocycles. The number of carbonyl (C=O) groups is 1. The van der Waals surface area contributed by atoms with E-state index in [2.05, 4.69) is 5.10 Å². The van der Waals surface area contributed by atoms with Crippen molar-refractivity contribution in [2.75, 3.05) is 13.1 Å². The highest BCUT2D eigenvalue weighted by atomic mass is 32.2. The molecule has 8 nitrogen and oxygen atoms in total. The molecule has 3 rings (SSSR count). The van der Waals surface area contributed by atoms with Crippen LogP contribution in [-0.4, -0.2) is 57.0 Å². The van der Waals surface area contributed by atoms with Gasteiger partial charge >= 0.3 is 5.97 Å². The van der Waals surface area contributed by atoms with E-state index in [1.54, 1.807) is 8.99 Å². The molecule has 1 aromatic rings. The van der Waals surface area contributed by atoms with E-state index in [0.29, 0.717) is 25.9 Å². The molecule has 2 fully saturated rings. The minimum atomic E-state index is -3.68. The Morgan fingerprint density at radius 3 is 2.52 bits per heavy atom. The van der Waals surface area contributed by atoms with Gasteiger partial charge in [-0.15, -0.1) is 0 Å². The van der Waals surface area contributed by atoms with Crippen LogP contribution in [0.15, 0.2) is 0 Å². The van der Waals surface area contributed by atoms with Crippen molar-refractivity contribution in [2.24, 2.45) is 13.0 Å². The summed E-state index contributed by atoms with van der Waals surface area (Å²) in [6, 6.07) is 0.00853.